The fourth-order valence-electron chi connectivity index (χ4n) is 17.3. The number of rotatable bonds is 30. The molecular formula is C82H148O15. The normalized spacial score (nSPS) is 30.2. The second kappa shape index (κ2) is 46.0. The van der Waals surface area contributed by atoms with Crippen molar-refractivity contribution in [1.29, 1.82) is 0 Å². The van der Waals surface area contributed by atoms with Crippen molar-refractivity contribution < 1.29 is 71.3 Å². The molecule has 0 aromatic heterocycles. The Balaban J connectivity index is 0.000000258. The number of hydrogen-bond donors (Lipinski definition) is 0. The van der Waals surface area contributed by atoms with E-state index in [0.717, 1.165) is 109 Å². The van der Waals surface area contributed by atoms with Gasteiger partial charge in [-0.1, -0.05) is 206 Å². The van der Waals surface area contributed by atoms with Gasteiger partial charge in [0.25, 0.3) is 0 Å². The summed E-state index contributed by atoms with van der Waals surface area (Å²) in [4.78, 5) is 60.9. The second-order valence-corrected chi connectivity index (χ2v) is 33.1. The summed E-state index contributed by atoms with van der Waals surface area (Å²) < 4.78 is 54.9. The Labute approximate surface area is 592 Å². The van der Waals surface area contributed by atoms with Crippen LogP contribution in [0.1, 0.15) is 336 Å². The minimum absolute atomic E-state index is 0.0218. The maximum Gasteiger partial charge on any atom is 0.311 e. The standard InChI is InChI=1S/C18H32O3.C17H30O3.C16H28O3.C16H30O3.C15H28O3/c1-4-14-11-15(5-2)16(12-14)17(19)20-13-21-18(6-3)9-7-8-10-18;1-3-13-10-14(4-2)16(11-13)17(18)20-12-19-15-8-6-5-7-9-15;1-3-12-9-13(4-2)15(10-12)16(17)19-11-18-14-7-5-6-8-14;1-6-12-8-13(7-2)14(9-12)15(17)19-11-18-10-16(3,4)5;1-6-11-8-12(7-2)13(9-11)14(16)17-10-18-15(3,4)5/h14-16H,4-13H2,1-3H3;13-16H,3-12H2,1-2H3;12-15H,3-11H2,1-2H3;12-14H,6-11H2,1-5H3;11-13H,6-10H2,1-5H3. The van der Waals surface area contributed by atoms with Gasteiger partial charge in [0, 0.05) is 0 Å². The quantitative estimate of drug-likeness (QED) is 0.0287. The molecule has 0 bridgehead atoms. The fraction of sp³-hybridized carbons (Fsp3) is 0.939. The lowest BCUT2D eigenvalue weighted by Gasteiger charge is -2.28. The molecule has 15 heteroatoms. The third kappa shape index (κ3) is 30.9. The molecule has 8 rings (SSSR count). The van der Waals surface area contributed by atoms with Gasteiger partial charge < -0.3 is 47.4 Å². The molecule has 8 fully saturated rings. The van der Waals surface area contributed by atoms with Crippen LogP contribution in [0, 0.1) is 94.2 Å². The first kappa shape index (κ1) is 86.6. The molecule has 8 aliphatic rings. The maximum absolute atomic E-state index is 12.3. The van der Waals surface area contributed by atoms with E-state index in [-0.39, 0.29) is 110 Å². The van der Waals surface area contributed by atoms with Gasteiger partial charge in [-0.25, -0.2) is 0 Å². The van der Waals surface area contributed by atoms with Crippen LogP contribution in [-0.2, 0) is 71.3 Å². The average Bonchev–Trinajstić information content (AvgIpc) is 1.77. The number of esters is 5. The van der Waals surface area contributed by atoms with Crippen molar-refractivity contribution in [2.24, 2.45) is 94.2 Å². The van der Waals surface area contributed by atoms with E-state index in [2.05, 4.69) is 96.9 Å². The smallest absolute Gasteiger partial charge is 0.311 e. The number of carbonyl (C=O) groups is 5. The van der Waals surface area contributed by atoms with E-state index in [1.807, 2.05) is 20.8 Å². The third-order valence-electron chi connectivity index (χ3n) is 24.1. The highest BCUT2D eigenvalue weighted by atomic mass is 16.7. The van der Waals surface area contributed by atoms with Crippen molar-refractivity contribution in [3.8, 4) is 0 Å². The Bertz CT molecular complexity index is 2150. The van der Waals surface area contributed by atoms with Crippen LogP contribution < -0.4 is 0 Å². The largest absolute Gasteiger partial charge is 0.438 e. The highest BCUT2D eigenvalue weighted by Crippen LogP contribution is 2.45. The molecule has 0 amide bonds. The summed E-state index contributed by atoms with van der Waals surface area (Å²) in [7, 11) is 0. The molecular weight excluding hydrogens is 1220 g/mol. The van der Waals surface area contributed by atoms with Gasteiger partial charge in [0.1, 0.15) is 0 Å². The zero-order valence-electron chi connectivity index (χ0n) is 65.2. The Morgan fingerprint density at radius 3 is 0.907 bits per heavy atom. The van der Waals surface area contributed by atoms with E-state index >= 15 is 0 Å². The number of hydrogen-bond acceptors (Lipinski definition) is 15. The minimum atomic E-state index is -0.258. The molecule has 97 heavy (non-hydrogen) atoms. The molecule has 8 aliphatic carbocycles. The molecule has 8 saturated carbocycles. The molecule has 0 aliphatic heterocycles. The lowest BCUT2D eigenvalue weighted by molar-refractivity contribution is -0.179. The summed E-state index contributed by atoms with van der Waals surface area (Å²) in [6.07, 6.45) is 39.3. The zero-order valence-corrected chi connectivity index (χ0v) is 65.2. The van der Waals surface area contributed by atoms with Crippen LogP contribution in [0.4, 0.5) is 0 Å². The van der Waals surface area contributed by atoms with Crippen molar-refractivity contribution in [1.82, 2.24) is 0 Å². The zero-order chi connectivity index (χ0) is 71.6. The van der Waals surface area contributed by atoms with Gasteiger partial charge in [0.15, 0.2) is 34.0 Å². The van der Waals surface area contributed by atoms with Crippen LogP contribution in [0.5, 0.6) is 0 Å². The molecule has 0 spiro atoms. The summed E-state index contributed by atoms with van der Waals surface area (Å²) in [6.45, 7) is 37.5. The molecule has 0 heterocycles. The van der Waals surface area contributed by atoms with E-state index in [9.17, 15) is 24.0 Å². The van der Waals surface area contributed by atoms with Crippen LogP contribution in [-0.4, -0.2) is 93.8 Å². The SMILES string of the molecule is CCC1CC(CC)C(C(=O)OCOC(C)(C)C)C1.CCC1CC(CC)C(C(=O)OCOC2(CC)CCCC2)C1.CCC1CC(CC)C(C(=O)OCOC2CCCC2)C1.CCC1CC(CC)C(C(=O)OCOC2CCCCC2)C1.CCC1CC(CC)C(C(=O)OCOCC(C)(C)C)C1. The average molecular weight is 1370 g/mol. The minimum Gasteiger partial charge on any atom is -0.438 e. The number of carbonyl (C=O) groups excluding carboxylic acids is 5. The van der Waals surface area contributed by atoms with E-state index in [0.29, 0.717) is 78.0 Å². The molecule has 15 unspecified atom stereocenters. The topological polar surface area (TPSA) is 178 Å². The van der Waals surface area contributed by atoms with Crippen LogP contribution in [0.15, 0.2) is 0 Å². The van der Waals surface area contributed by atoms with Gasteiger partial charge >= 0.3 is 29.8 Å². The predicted octanol–water partition coefficient (Wildman–Crippen LogP) is 20.7. The van der Waals surface area contributed by atoms with Gasteiger partial charge in [-0.15, -0.1) is 0 Å². The van der Waals surface area contributed by atoms with Crippen LogP contribution in [0.2, 0.25) is 0 Å². The predicted molar refractivity (Wildman–Crippen MR) is 386 cm³/mol. The van der Waals surface area contributed by atoms with Crippen molar-refractivity contribution >= 4 is 29.8 Å². The molecule has 0 radical (unpaired) electrons. The van der Waals surface area contributed by atoms with E-state index in [4.69, 9.17) is 47.4 Å². The van der Waals surface area contributed by atoms with Crippen LogP contribution >= 0.6 is 0 Å². The lowest BCUT2D eigenvalue weighted by Crippen LogP contribution is -2.31. The third-order valence-corrected chi connectivity index (χ3v) is 24.1. The first-order chi connectivity index (χ1) is 46.4. The van der Waals surface area contributed by atoms with Gasteiger partial charge in [-0.05, 0) is 195 Å². The number of ether oxygens (including phenoxy) is 10. The highest BCUT2D eigenvalue weighted by Gasteiger charge is 2.43. The van der Waals surface area contributed by atoms with Crippen LogP contribution in [0.3, 0.4) is 0 Å². The van der Waals surface area contributed by atoms with Crippen molar-refractivity contribution in [2.75, 3.05) is 40.6 Å². The van der Waals surface area contributed by atoms with Crippen molar-refractivity contribution in [2.45, 2.75) is 359 Å². The first-order valence-electron chi connectivity index (χ1n) is 40.3. The molecule has 566 valence electrons. The van der Waals surface area contributed by atoms with Crippen LogP contribution in [0.25, 0.3) is 0 Å². The molecule has 0 aromatic carbocycles. The maximum atomic E-state index is 12.3. The molecule has 15 nitrogen and oxygen atoms in total. The summed E-state index contributed by atoms with van der Waals surface area (Å²) in [6, 6.07) is 0. The van der Waals surface area contributed by atoms with Gasteiger partial charge in [-0.3, -0.25) is 24.0 Å². The molecule has 0 aromatic rings. The highest BCUT2D eigenvalue weighted by molar-refractivity contribution is 5.75. The summed E-state index contributed by atoms with van der Waals surface area (Å²) >= 11 is 0. The van der Waals surface area contributed by atoms with Crippen molar-refractivity contribution in [3.63, 3.8) is 0 Å². The Hall–Kier alpha value is -2.85. The van der Waals surface area contributed by atoms with E-state index in [1.165, 1.54) is 109 Å². The molecule has 0 N–H and O–H groups in total. The lowest BCUT2D eigenvalue weighted by atomic mass is 9.94. The van der Waals surface area contributed by atoms with E-state index in [1.54, 1.807) is 0 Å². The second-order valence-electron chi connectivity index (χ2n) is 33.1. The Morgan fingerprint density at radius 2 is 0.629 bits per heavy atom. The summed E-state index contributed by atoms with van der Waals surface area (Å²) in [5, 5.41) is 0. The Morgan fingerprint density at radius 1 is 0.340 bits per heavy atom. The first-order valence-corrected chi connectivity index (χ1v) is 40.3. The van der Waals surface area contributed by atoms with E-state index < -0.39 is 0 Å². The van der Waals surface area contributed by atoms with Gasteiger partial charge in [0.05, 0.1) is 59.6 Å². The van der Waals surface area contributed by atoms with Gasteiger partial charge in [0.2, 0.25) is 0 Å². The molecule has 0 saturated heterocycles. The summed E-state index contributed by atoms with van der Waals surface area (Å²) in [5.74, 6) is 6.33. The Kier molecular flexibility index (Phi) is 41.0. The fourth-order valence-corrected chi connectivity index (χ4v) is 17.3. The van der Waals surface area contributed by atoms with Crippen molar-refractivity contribution in [3.05, 3.63) is 0 Å². The molecule has 15 atom stereocenters. The van der Waals surface area contributed by atoms with Gasteiger partial charge in [-0.2, -0.15) is 0 Å². The monoisotopic (exact) mass is 1370 g/mol. The summed E-state index contributed by atoms with van der Waals surface area (Å²) in [5.41, 5.74) is -0.169.